The van der Waals surface area contributed by atoms with Gasteiger partial charge in [0.15, 0.2) is 0 Å². The van der Waals surface area contributed by atoms with Crippen LogP contribution in [0.5, 0.6) is 0 Å². The fraction of sp³-hybridized carbons (Fsp3) is 0.500. The summed E-state index contributed by atoms with van der Waals surface area (Å²) in [7, 11) is -1.64. The Morgan fingerprint density at radius 3 is 2.28 bits per heavy atom. The molecule has 0 radical (unpaired) electrons. The molecular formula is C12H19NO3S2. The molecule has 0 atom stereocenters. The molecule has 1 aromatic carbocycles. The van der Waals surface area contributed by atoms with Gasteiger partial charge in [0, 0.05) is 19.3 Å². The molecule has 0 bridgehead atoms. The van der Waals surface area contributed by atoms with E-state index in [1.165, 1.54) is 4.31 Å². The van der Waals surface area contributed by atoms with Gasteiger partial charge in [-0.25, -0.2) is 12.7 Å². The highest BCUT2D eigenvalue weighted by atomic mass is 32.2. The molecule has 0 aromatic heterocycles. The highest BCUT2D eigenvalue weighted by Crippen LogP contribution is 2.11. The molecule has 102 valence electrons. The number of sulfonamides is 1. The molecule has 0 aliphatic rings. The molecule has 4 nitrogen and oxygen atoms in total. The van der Waals surface area contributed by atoms with Crippen LogP contribution in [0.1, 0.15) is 11.1 Å². The molecule has 1 rings (SSSR count). The van der Waals surface area contributed by atoms with Crippen molar-refractivity contribution in [2.45, 2.75) is 12.4 Å². The van der Waals surface area contributed by atoms with Crippen LogP contribution in [0.2, 0.25) is 0 Å². The van der Waals surface area contributed by atoms with E-state index in [2.05, 4.69) is 0 Å². The second-order valence-electron chi connectivity index (χ2n) is 4.05. The first-order valence-corrected chi connectivity index (χ1v) is 8.61. The van der Waals surface area contributed by atoms with Gasteiger partial charge in [0.2, 0.25) is 10.0 Å². The maximum Gasteiger partial charge on any atom is 0.218 e. The summed E-state index contributed by atoms with van der Waals surface area (Å²) >= 11 is 1.62. The molecule has 6 heteroatoms. The standard InChI is InChI=1S/C12H19NO3S2/c1-13(7-8-17-2)18(15,16)10-12-5-3-11(9-14)4-6-12/h3-6,14H,7-10H2,1-2H3. The minimum atomic E-state index is -3.25. The molecule has 0 spiro atoms. The van der Waals surface area contributed by atoms with Gasteiger partial charge in [-0.1, -0.05) is 24.3 Å². The van der Waals surface area contributed by atoms with Crippen molar-refractivity contribution in [3.8, 4) is 0 Å². The second-order valence-corrected chi connectivity index (χ2v) is 7.11. The highest BCUT2D eigenvalue weighted by molar-refractivity contribution is 7.98. The summed E-state index contributed by atoms with van der Waals surface area (Å²) in [6.45, 7) is 0.499. The summed E-state index contributed by atoms with van der Waals surface area (Å²) in [6, 6.07) is 6.97. The monoisotopic (exact) mass is 289 g/mol. The van der Waals surface area contributed by atoms with Crippen LogP contribution < -0.4 is 0 Å². The van der Waals surface area contributed by atoms with Crippen LogP contribution in [0.25, 0.3) is 0 Å². The van der Waals surface area contributed by atoms with Gasteiger partial charge in [-0.05, 0) is 17.4 Å². The fourth-order valence-electron chi connectivity index (χ4n) is 1.42. The number of rotatable bonds is 7. The van der Waals surface area contributed by atoms with E-state index < -0.39 is 10.0 Å². The molecule has 1 N–H and O–H groups in total. The second kappa shape index (κ2) is 7.13. The molecule has 0 amide bonds. The van der Waals surface area contributed by atoms with E-state index in [1.807, 2.05) is 6.26 Å². The number of nitrogens with zero attached hydrogens (tertiary/aromatic N) is 1. The molecule has 0 unspecified atom stereocenters. The van der Waals surface area contributed by atoms with Crippen molar-refractivity contribution in [2.24, 2.45) is 0 Å². The Morgan fingerprint density at radius 1 is 1.22 bits per heavy atom. The van der Waals surface area contributed by atoms with E-state index in [-0.39, 0.29) is 12.4 Å². The number of benzene rings is 1. The zero-order valence-corrected chi connectivity index (χ0v) is 12.3. The number of aliphatic hydroxyl groups is 1. The minimum Gasteiger partial charge on any atom is -0.392 e. The first-order chi connectivity index (χ1) is 8.49. The van der Waals surface area contributed by atoms with E-state index in [4.69, 9.17) is 5.11 Å². The highest BCUT2D eigenvalue weighted by Gasteiger charge is 2.17. The average molecular weight is 289 g/mol. The average Bonchev–Trinajstić information content (AvgIpc) is 2.36. The quantitative estimate of drug-likeness (QED) is 0.822. The predicted molar refractivity (Wildman–Crippen MR) is 76.0 cm³/mol. The lowest BCUT2D eigenvalue weighted by atomic mass is 10.2. The molecule has 0 aliphatic carbocycles. The number of hydrogen-bond donors (Lipinski definition) is 1. The summed E-state index contributed by atoms with van der Waals surface area (Å²) in [5, 5.41) is 8.92. The van der Waals surface area contributed by atoms with Crippen molar-refractivity contribution >= 4 is 21.8 Å². The van der Waals surface area contributed by atoms with Crippen LogP contribution in [-0.2, 0) is 22.4 Å². The Balaban J connectivity index is 2.69. The molecular weight excluding hydrogens is 270 g/mol. The van der Waals surface area contributed by atoms with E-state index in [0.717, 1.165) is 16.9 Å². The third-order valence-electron chi connectivity index (χ3n) is 2.64. The molecule has 1 aromatic rings. The third kappa shape index (κ3) is 4.61. The Kier molecular flexibility index (Phi) is 6.14. The zero-order valence-electron chi connectivity index (χ0n) is 10.7. The lowest BCUT2D eigenvalue weighted by Crippen LogP contribution is -2.30. The Morgan fingerprint density at radius 2 is 1.78 bits per heavy atom. The summed E-state index contributed by atoms with van der Waals surface area (Å²) in [6.07, 6.45) is 1.95. The van der Waals surface area contributed by atoms with Crippen molar-refractivity contribution < 1.29 is 13.5 Å². The van der Waals surface area contributed by atoms with E-state index in [0.29, 0.717) is 6.54 Å². The SMILES string of the molecule is CSCCN(C)S(=O)(=O)Cc1ccc(CO)cc1. The summed E-state index contributed by atoms with van der Waals surface area (Å²) < 4.78 is 25.4. The number of aliphatic hydroxyl groups excluding tert-OH is 1. The zero-order chi connectivity index (χ0) is 13.6. The van der Waals surface area contributed by atoms with Crippen molar-refractivity contribution in [3.63, 3.8) is 0 Å². The van der Waals surface area contributed by atoms with Gasteiger partial charge in [-0.15, -0.1) is 0 Å². The van der Waals surface area contributed by atoms with Gasteiger partial charge in [-0.3, -0.25) is 0 Å². The minimum absolute atomic E-state index is 0.00356. The van der Waals surface area contributed by atoms with Crippen LogP contribution in [0.4, 0.5) is 0 Å². The summed E-state index contributed by atoms with van der Waals surface area (Å²) in [5.41, 5.74) is 1.52. The van der Waals surface area contributed by atoms with Crippen molar-refractivity contribution in [1.29, 1.82) is 0 Å². The van der Waals surface area contributed by atoms with Crippen molar-refractivity contribution in [1.82, 2.24) is 4.31 Å². The van der Waals surface area contributed by atoms with E-state index in [9.17, 15) is 8.42 Å². The lowest BCUT2D eigenvalue weighted by molar-refractivity contribution is 0.282. The first kappa shape index (κ1) is 15.5. The van der Waals surface area contributed by atoms with Gasteiger partial charge >= 0.3 is 0 Å². The smallest absolute Gasteiger partial charge is 0.218 e. The summed E-state index contributed by atoms with van der Waals surface area (Å²) in [4.78, 5) is 0. The molecule has 0 heterocycles. The van der Waals surface area contributed by atoms with Crippen molar-refractivity contribution in [2.75, 3.05) is 25.6 Å². The maximum absolute atomic E-state index is 12.0. The van der Waals surface area contributed by atoms with Gasteiger partial charge in [0.1, 0.15) is 0 Å². The van der Waals surface area contributed by atoms with Gasteiger partial charge in [0.25, 0.3) is 0 Å². The van der Waals surface area contributed by atoms with Crippen molar-refractivity contribution in [3.05, 3.63) is 35.4 Å². The molecule has 18 heavy (non-hydrogen) atoms. The topological polar surface area (TPSA) is 57.6 Å². The largest absolute Gasteiger partial charge is 0.392 e. The Labute approximate surface area is 113 Å². The van der Waals surface area contributed by atoms with Crippen LogP contribution in [0.15, 0.2) is 24.3 Å². The lowest BCUT2D eigenvalue weighted by Gasteiger charge is -2.16. The van der Waals surface area contributed by atoms with Crippen LogP contribution in [-0.4, -0.2) is 43.4 Å². The Bertz CT molecular complexity index is 457. The predicted octanol–water partition coefficient (Wildman–Crippen LogP) is 1.30. The Hall–Kier alpha value is -0.560. The number of hydrogen-bond acceptors (Lipinski definition) is 4. The third-order valence-corrected chi connectivity index (χ3v) is 5.06. The van der Waals surface area contributed by atoms with Gasteiger partial charge < -0.3 is 5.11 Å². The maximum atomic E-state index is 12.0. The molecule has 0 saturated carbocycles. The van der Waals surface area contributed by atoms with Crippen LogP contribution in [0, 0.1) is 0 Å². The van der Waals surface area contributed by atoms with Gasteiger partial charge in [-0.2, -0.15) is 11.8 Å². The fourth-order valence-corrected chi connectivity index (χ4v) is 3.20. The van der Waals surface area contributed by atoms with Gasteiger partial charge in [0.05, 0.1) is 12.4 Å². The van der Waals surface area contributed by atoms with Crippen LogP contribution in [0.3, 0.4) is 0 Å². The molecule has 0 fully saturated rings. The van der Waals surface area contributed by atoms with E-state index in [1.54, 1.807) is 43.1 Å². The first-order valence-electron chi connectivity index (χ1n) is 5.61. The number of thioether (sulfide) groups is 1. The molecule has 0 saturated heterocycles. The summed E-state index contributed by atoms with van der Waals surface area (Å²) in [5.74, 6) is 0.794. The van der Waals surface area contributed by atoms with E-state index >= 15 is 0 Å². The molecule has 0 aliphatic heterocycles. The van der Waals surface area contributed by atoms with Crippen LogP contribution >= 0.6 is 11.8 Å². The normalized spacial score (nSPS) is 12.0.